The quantitative estimate of drug-likeness (QED) is 0.190. The van der Waals surface area contributed by atoms with Crippen molar-refractivity contribution >= 4 is 0 Å². The molecular formula is C31H36N3+. The highest BCUT2D eigenvalue weighted by molar-refractivity contribution is 5.68. The molecule has 4 aromatic rings. The minimum atomic E-state index is 0.823. The lowest BCUT2D eigenvalue weighted by Gasteiger charge is -2.14. The molecule has 0 bridgehead atoms. The fraction of sp³-hybridized carbons (Fsp3) is 0.355. The van der Waals surface area contributed by atoms with Crippen LogP contribution >= 0.6 is 0 Å². The summed E-state index contributed by atoms with van der Waals surface area (Å²) >= 11 is 0. The van der Waals surface area contributed by atoms with Crippen molar-refractivity contribution in [1.82, 2.24) is 9.78 Å². The Morgan fingerprint density at radius 1 is 0.824 bits per heavy atom. The maximum Gasteiger partial charge on any atom is 0.314 e. The number of benzene rings is 3. The number of fused-ring (bicyclic) bond motifs is 3. The third kappa shape index (κ3) is 3.87. The first-order valence-electron chi connectivity index (χ1n) is 12.8. The van der Waals surface area contributed by atoms with Crippen molar-refractivity contribution in [3.05, 3.63) is 88.0 Å². The van der Waals surface area contributed by atoms with Crippen LogP contribution in [0.5, 0.6) is 0 Å². The van der Waals surface area contributed by atoms with Gasteiger partial charge in [-0.05, 0) is 74.4 Å². The normalized spacial score (nSPS) is 12.1. The predicted octanol–water partition coefficient (Wildman–Crippen LogP) is 7.21. The Kier molecular flexibility index (Phi) is 6.12. The molecule has 174 valence electrons. The second kappa shape index (κ2) is 9.21. The summed E-state index contributed by atoms with van der Waals surface area (Å²) in [4.78, 5) is 0. The van der Waals surface area contributed by atoms with Gasteiger partial charge in [0.1, 0.15) is 12.2 Å². The van der Waals surface area contributed by atoms with E-state index in [2.05, 4.69) is 98.5 Å². The molecule has 1 aliphatic heterocycles. The number of aryl methyl sites for hydroxylation is 5. The molecule has 0 unspecified atom stereocenters. The molecule has 3 aromatic carbocycles. The molecule has 0 atom stereocenters. The summed E-state index contributed by atoms with van der Waals surface area (Å²) in [7, 11) is 0. The van der Waals surface area contributed by atoms with Crippen LogP contribution in [0.15, 0.2) is 54.6 Å². The Hall–Kier alpha value is -3.20. The Bertz CT molecular complexity index is 1320. The van der Waals surface area contributed by atoms with Gasteiger partial charge in [0, 0.05) is 10.7 Å². The van der Waals surface area contributed by atoms with Crippen LogP contribution in [-0.2, 0) is 13.0 Å². The molecule has 0 saturated carbocycles. The van der Waals surface area contributed by atoms with Crippen molar-refractivity contribution in [2.75, 3.05) is 0 Å². The van der Waals surface area contributed by atoms with E-state index in [4.69, 9.17) is 5.10 Å². The molecule has 3 heteroatoms. The fourth-order valence-corrected chi connectivity index (χ4v) is 5.67. The predicted molar refractivity (Wildman–Crippen MR) is 141 cm³/mol. The first-order valence-corrected chi connectivity index (χ1v) is 12.8. The molecule has 0 amide bonds. The van der Waals surface area contributed by atoms with Crippen molar-refractivity contribution in [2.45, 2.75) is 73.3 Å². The molecule has 2 heterocycles. The van der Waals surface area contributed by atoms with Crippen molar-refractivity contribution in [3.8, 4) is 28.5 Å². The zero-order valence-corrected chi connectivity index (χ0v) is 21.3. The Morgan fingerprint density at radius 2 is 1.53 bits per heavy atom. The molecule has 0 N–H and O–H groups in total. The molecule has 34 heavy (non-hydrogen) atoms. The molecule has 0 spiro atoms. The van der Waals surface area contributed by atoms with E-state index in [9.17, 15) is 0 Å². The van der Waals surface area contributed by atoms with Gasteiger partial charge in [-0.25, -0.2) is 0 Å². The summed E-state index contributed by atoms with van der Waals surface area (Å²) in [5.74, 6) is 2.23. The first kappa shape index (κ1) is 22.6. The standard InChI is InChI=1S/C31H36N3/c1-6-7-8-9-15-25-18-23(4)29(24(5)19-25)34-30(28-21(2)13-12-14-22(28)3)32-33-20-26-16-10-11-17-27(26)31(33)34/h10-14,16-19H,6-9,15,20H2,1-5H3/q+1. The van der Waals surface area contributed by atoms with E-state index in [0.717, 1.165) is 18.8 Å². The van der Waals surface area contributed by atoms with E-state index in [0.29, 0.717) is 0 Å². The van der Waals surface area contributed by atoms with Crippen LogP contribution in [0, 0.1) is 27.7 Å². The zero-order chi connectivity index (χ0) is 23.8. The van der Waals surface area contributed by atoms with Crippen LogP contribution in [0.2, 0.25) is 0 Å². The highest BCUT2D eigenvalue weighted by Gasteiger charge is 2.37. The summed E-state index contributed by atoms with van der Waals surface area (Å²) < 4.78 is 4.64. The van der Waals surface area contributed by atoms with Gasteiger partial charge in [0.2, 0.25) is 0 Å². The van der Waals surface area contributed by atoms with Gasteiger partial charge in [0.25, 0.3) is 5.82 Å². The number of hydrogen-bond donors (Lipinski definition) is 0. The van der Waals surface area contributed by atoms with Crippen LogP contribution in [0.4, 0.5) is 0 Å². The highest BCUT2D eigenvalue weighted by Crippen LogP contribution is 2.35. The van der Waals surface area contributed by atoms with Gasteiger partial charge >= 0.3 is 5.82 Å². The van der Waals surface area contributed by atoms with Crippen LogP contribution in [0.25, 0.3) is 28.5 Å². The molecule has 1 aliphatic rings. The topological polar surface area (TPSA) is 21.7 Å². The lowest BCUT2D eigenvalue weighted by Crippen LogP contribution is -2.36. The zero-order valence-electron chi connectivity index (χ0n) is 21.3. The summed E-state index contributed by atoms with van der Waals surface area (Å²) in [6.07, 6.45) is 6.35. The van der Waals surface area contributed by atoms with Crippen LogP contribution < -0.4 is 4.57 Å². The van der Waals surface area contributed by atoms with Gasteiger partial charge in [0.15, 0.2) is 0 Å². The summed E-state index contributed by atoms with van der Waals surface area (Å²) in [6, 6.07) is 20.1. The van der Waals surface area contributed by atoms with Crippen molar-refractivity contribution < 1.29 is 4.57 Å². The van der Waals surface area contributed by atoms with E-state index in [1.807, 2.05) is 0 Å². The molecule has 0 aliphatic carbocycles. The van der Waals surface area contributed by atoms with Gasteiger partial charge < -0.3 is 0 Å². The maximum atomic E-state index is 5.23. The van der Waals surface area contributed by atoms with E-state index in [-0.39, 0.29) is 0 Å². The second-order valence-corrected chi connectivity index (χ2v) is 9.95. The van der Waals surface area contributed by atoms with Gasteiger partial charge in [-0.3, -0.25) is 0 Å². The Balaban J connectivity index is 1.70. The van der Waals surface area contributed by atoms with Crippen molar-refractivity contribution in [3.63, 3.8) is 0 Å². The third-order valence-corrected chi connectivity index (χ3v) is 7.26. The number of hydrogen-bond acceptors (Lipinski definition) is 1. The lowest BCUT2D eigenvalue weighted by atomic mass is 9.98. The highest BCUT2D eigenvalue weighted by atomic mass is 15.4. The van der Waals surface area contributed by atoms with E-state index in [1.165, 1.54) is 81.7 Å². The van der Waals surface area contributed by atoms with E-state index >= 15 is 0 Å². The van der Waals surface area contributed by atoms with E-state index < -0.39 is 0 Å². The smallest absolute Gasteiger partial charge is 0.189 e. The average Bonchev–Trinajstić information content (AvgIpc) is 3.33. The summed E-state index contributed by atoms with van der Waals surface area (Å²) in [5, 5.41) is 5.23. The van der Waals surface area contributed by atoms with Crippen molar-refractivity contribution in [1.29, 1.82) is 0 Å². The van der Waals surface area contributed by atoms with Crippen molar-refractivity contribution in [2.24, 2.45) is 0 Å². The van der Waals surface area contributed by atoms with Crippen LogP contribution in [0.1, 0.15) is 66.0 Å². The van der Waals surface area contributed by atoms with Gasteiger partial charge in [-0.1, -0.05) is 74.7 Å². The first-order chi connectivity index (χ1) is 16.5. The number of aromatic nitrogens is 3. The molecule has 0 fully saturated rings. The summed E-state index contributed by atoms with van der Waals surface area (Å²) in [5.41, 5.74) is 11.8. The molecule has 5 rings (SSSR count). The lowest BCUT2D eigenvalue weighted by molar-refractivity contribution is -0.573. The number of unbranched alkanes of at least 4 members (excludes halogenated alkanes) is 3. The molecular weight excluding hydrogens is 414 g/mol. The fourth-order valence-electron chi connectivity index (χ4n) is 5.67. The molecule has 1 aromatic heterocycles. The Labute approximate surface area is 204 Å². The third-order valence-electron chi connectivity index (χ3n) is 7.26. The molecule has 0 radical (unpaired) electrons. The maximum absolute atomic E-state index is 5.23. The van der Waals surface area contributed by atoms with Crippen LogP contribution in [-0.4, -0.2) is 9.78 Å². The monoisotopic (exact) mass is 450 g/mol. The largest absolute Gasteiger partial charge is 0.314 e. The van der Waals surface area contributed by atoms with Gasteiger partial charge in [-0.2, -0.15) is 4.57 Å². The Morgan fingerprint density at radius 3 is 2.24 bits per heavy atom. The summed E-state index contributed by atoms with van der Waals surface area (Å²) in [6.45, 7) is 12.0. The molecule has 0 saturated heterocycles. The van der Waals surface area contributed by atoms with Gasteiger partial charge in [0.05, 0.1) is 11.1 Å². The van der Waals surface area contributed by atoms with Crippen LogP contribution in [0.3, 0.4) is 0 Å². The van der Waals surface area contributed by atoms with E-state index in [1.54, 1.807) is 0 Å². The minimum absolute atomic E-state index is 0.823. The minimum Gasteiger partial charge on any atom is -0.189 e. The molecule has 3 nitrogen and oxygen atoms in total. The SMILES string of the molecule is CCCCCCc1cc(C)c(-[n+]2c(-c3c(C)cccc3C)nn3c2-c2ccccc2C3)c(C)c1. The second-order valence-electron chi connectivity index (χ2n) is 9.95. The average molecular weight is 451 g/mol. The number of rotatable bonds is 7. The van der Waals surface area contributed by atoms with Gasteiger partial charge in [-0.15, -0.1) is 4.68 Å². The number of nitrogens with zero attached hydrogens (tertiary/aromatic N) is 3.